The van der Waals surface area contributed by atoms with Crippen LogP contribution >= 0.6 is 0 Å². The number of carbonyl (C=O) groups excluding carboxylic acids is 1. The van der Waals surface area contributed by atoms with Crippen LogP contribution in [0.2, 0.25) is 0 Å². The lowest BCUT2D eigenvalue weighted by atomic mass is 10.1. The topological polar surface area (TPSA) is 106 Å². The molecule has 0 fully saturated rings. The van der Waals surface area contributed by atoms with Gasteiger partial charge in [-0.05, 0) is 5.53 Å². The van der Waals surface area contributed by atoms with E-state index in [-0.39, 0.29) is 0 Å². The van der Waals surface area contributed by atoms with Crippen molar-refractivity contribution < 1.29 is 35.6 Å². The number of rotatable bonds is 7. The van der Waals surface area contributed by atoms with Crippen molar-refractivity contribution in [3.63, 3.8) is 0 Å². The van der Waals surface area contributed by atoms with Crippen LogP contribution in [0.15, 0.2) is 5.11 Å². The van der Waals surface area contributed by atoms with Crippen LogP contribution in [-0.4, -0.2) is 42.2 Å². The number of azide groups is 1. The Labute approximate surface area is 134 Å². The lowest BCUT2D eigenvalue weighted by molar-refractivity contribution is 0.0907. The van der Waals surface area contributed by atoms with Crippen molar-refractivity contribution in [2.45, 2.75) is 0 Å². The number of amides is 1. The lowest BCUT2D eigenvalue weighted by Crippen LogP contribution is -2.53. The Hall–Kier alpha value is -2.18. The van der Waals surface area contributed by atoms with Crippen molar-refractivity contribution in [1.82, 2.24) is 5.32 Å². The summed E-state index contributed by atoms with van der Waals surface area (Å²) in [7, 11) is 0.339. The summed E-state index contributed by atoms with van der Waals surface area (Å²) in [5.74, 6) is -9.48. The molecule has 1 rings (SSSR count). The summed E-state index contributed by atoms with van der Waals surface area (Å²) in [5, 5.41) is 4.53. The summed E-state index contributed by atoms with van der Waals surface area (Å²) in [6.45, 7) is 0. The summed E-state index contributed by atoms with van der Waals surface area (Å²) < 4.78 is 69.8. The van der Waals surface area contributed by atoms with E-state index in [0.717, 1.165) is 0 Å². The molecule has 0 radical (unpaired) electrons. The first-order chi connectivity index (χ1) is 11.3. The number of hydrogen-bond acceptors (Lipinski definition) is 5. The molecule has 0 spiro atoms. The van der Waals surface area contributed by atoms with E-state index in [9.17, 15) is 22.4 Å². The molecule has 13 heteroatoms. The molecule has 1 amide bonds. The van der Waals surface area contributed by atoms with Gasteiger partial charge in [-0.3, -0.25) is 4.79 Å². The van der Waals surface area contributed by atoms with Gasteiger partial charge < -0.3 is 18.6 Å². The summed E-state index contributed by atoms with van der Waals surface area (Å²) in [6.07, 6.45) is -0.421. The number of carbonyl (C=O) groups is 1. The highest BCUT2D eigenvalue weighted by Crippen LogP contribution is 2.30. The summed E-state index contributed by atoms with van der Waals surface area (Å²) in [4.78, 5) is 13.9. The highest BCUT2D eigenvalue weighted by atomic mass is 28.4. The second-order valence-corrected chi connectivity index (χ2v) is 7.09. The number of benzene rings is 1. The first kappa shape index (κ1) is 19.9. The van der Waals surface area contributed by atoms with Gasteiger partial charge in [0.25, 0.3) is 5.91 Å². The molecular weight excluding hydrogens is 356 g/mol. The van der Waals surface area contributed by atoms with Crippen LogP contribution in [0.4, 0.5) is 23.2 Å². The molecule has 0 saturated heterocycles. The fourth-order valence-electron chi connectivity index (χ4n) is 1.70. The van der Waals surface area contributed by atoms with Crippen molar-refractivity contribution in [3.05, 3.63) is 39.3 Å². The zero-order chi connectivity index (χ0) is 18.5. The van der Waals surface area contributed by atoms with Gasteiger partial charge in [0.1, 0.15) is 11.3 Å². The first-order valence-corrected chi connectivity index (χ1v) is 8.06. The Morgan fingerprint density at radius 1 is 1.08 bits per heavy atom. The monoisotopic (exact) mass is 368 g/mol. The van der Waals surface area contributed by atoms with Crippen LogP contribution in [0.5, 0.6) is 0 Å². The van der Waals surface area contributed by atoms with Crippen LogP contribution < -0.4 is 5.32 Å². The molecule has 24 heavy (non-hydrogen) atoms. The van der Waals surface area contributed by atoms with E-state index in [2.05, 4.69) is 10.0 Å². The Bertz CT molecular complexity index is 658. The predicted molar refractivity (Wildman–Crippen MR) is 74.2 cm³/mol. The molecule has 1 aromatic carbocycles. The Balaban J connectivity index is 3.23. The summed E-state index contributed by atoms with van der Waals surface area (Å²) >= 11 is 0. The Morgan fingerprint density at radius 3 is 1.92 bits per heavy atom. The van der Waals surface area contributed by atoms with E-state index in [1.807, 2.05) is 5.32 Å². The van der Waals surface area contributed by atoms with Crippen molar-refractivity contribution in [3.8, 4) is 0 Å². The molecule has 1 N–H and O–H groups in total. The maximum absolute atomic E-state index is 13.8. The zero-order valence-electron chi connectivity index (χ0n) is 12.7. The molecular formula is C11H12F4N4O4Si. The smallest absolute Gasteiger partial charge is 0.376 e. The molecule has 0 atom stereocenters. The Morgan fingerprint density at radius 2 is 1.54 bits per heavy atom. The average molecular weight is 368 g/mol. The molecule has 0 aromatic heterocycles. The number of halogens is 4. The van der Waals surface area contributed by atoms with Gasteiger partial charge in [0.15, 0.2) is 23.3 Å². The van der Waals surface area contributed by atoms with Crippen LogP contribution in [0, 0.1) is 23.3 Å². The molecule has 8 nitrogen and oxygen atoms in total. The third-order valence-electron chi connectivity index (χ3n) is 3.01. The molecule has 0 bridgehead atoms. The van der Waals surface area contributed by atoms with E-state index >= 15 is 0 Å². The molecule has 0 aliphatic rings. The molecule has 0 saturated carbocycles. The second-order valence-electron chi connectivity index (χ2n) is 4.15. The van der Waals surface area contributed by atoms with Gasteiger partial charge in [0.2, 0.25) is 0 Å². The lowest BCUT2D eigenvalue weighted by Gasteiger charge is -2.24. The SMILES string of the molecule is CO[Si](CNC(=O)c1c(F)c(F)c(N=[N+]=[N-])c(F)c1F)(OC)OC. The van der Waals surface area contributed by atoms with Crippen LogP contribution in [0.25, 0.3) is 10.4 Å². The molecule has 1 aromatic rings. The van der Waals surface area contributed by atoms with Gasteiger partial charge in [-0.15, -0.1) is 0 Å². The van der Waals surface area contributed by atoms with Gasteiger partial charge in [-0.2, -0.15) is 0 Å². The minimum absolute atomic E-state index is 0.421. The minimum Gasteiger partial charge on any atom is -0.376 e. The van der Waals surface area contributed by atoms with Crippen LogP contribution in [-0.2, 0) is 13.3 Å². The standard InChI is InChI=1S/C11H12F4N4O4Si/c1-21-24(22-2,23-3)4-17-11(20)5-6(12)8(14)10(18-19-16)9(15)7(5)13/h4H2,1-3H3,(H,17,20). The fraction of sp³-hybridized carbons (Fsp3) is 0.364. The van der Waals surface area contributed by atoms with Gasteiger partial charge in [0.05, 0.1) is 6.17 Å². The van der Waals surface area contributed by atoms with Gasteiger partial charge in [-0.25, -0.2) is 17.6 Å². The number of nitrogens with zero attached hydrogens (tertiary/aromatic N) is 3. The third-order valence-corrected chi connectivity index (χ3v) is 5.49. The van der Waals surface area contributed by atoms with Crippen molar-refractivity contribution >= 4 is 20.4 Å². The second kappa shape index (κ2) is 8.08. The van der Waals surface area contributed by atoms with Gasteiger partial charge in [-0.1, -0.05) is 5.11 Å². The zero-order valence-corrected chi connectivity index (χ0v) is 13.7. The number of nitrogens with one attached hydrogen (secondary N) is 1. The van der Waals surface area contributed by atoms with Crippen molar-refractivity contribution in [2.24, 2.45) is 5.11 Å². The molecule has 0 heterocycles. The molecule has 0 aliphatic heterocycles. The maximum Gasteiger partial charge on any atom is 0.520 e. The van der Waals surface area contributed by atoms with Crippen molar-refractivity contribution in [1.29, 1.82) is 0 Å². The average Bonchev–Trinajstić information content (AvgIpc) is 2.59. The first-order valence-electron chi connectivity index (χ1n) is 6.13. The third kappa shape index (κ3) is 3.65. The van der Waals surface area contributed by atoms with Crippen LogP contribution in [0.1, 0.15) is 10.4 Å². The largest absolute Gasteiger partial charge is 0.520 e. The van der Waals surface area contributed by atoms with Gasteiger partial charge >= 0.3 is 8.80 Å². The molecule has 0 aliphatic carbocycles. The van der Waals surface area contributed by atoms with E-state index < -0.39 is 55.4 Å². The highest BCUT2D eigenvalue weighted by Gasteiger charge is 2.39. The normalized spacial score (nSPS) is 11.1. The van der Waals surface area contributed by atoms with Crippen molar-refractivity contribution in [2.75, 3.05) is 27.5 Å². The summed E-state index contributed by atoms with van der Waals surface area (Å²) in [6, 6.07) is 0. The molecule has 0 unspecified atom stereocenters. The van der Waals surface area contributed by atoms with E-state index in [1.165, 1.54) is 21.3 Å². The quantitative estimate of drug-likeness (QED) is 0.199. The van der Waals surface area contributed by atoms with E-state index in [4.69, 9.17) is 18.8 Å². The fourth-order valence-corrected chi connectivity index (χ4v) is 3.01. The van der Waals surface area contributed by atoms with E-state index in [1.54, 1.807) is 0 Å². The maximum atomic E-state index is 13.8. The molecule has 132 valence electrons. The van der Waals surface area contributed by atoms with E-state index in [0.29, 0.717) is 0 Å². The number of hydrogen-bond donors (Lipinski definition) is 1. The van der Waals surface area contributed by atoms with Gasteiger partial charge in [0, 0.05) is 26.2 Å². The minimum atomic E-state index is -3.33. The predicted octanol–water partition coefficient (Wildman–Crippen LogP) is 2.33. The highest BCUT2D eigenvalue weighted by molar-refractivity contribution is 6.61. The summed E-state index contributed by atoms with van der Waals surface area (Å²) in [5.41, 5.74) is 5.11. The Kier molecular flexibility index (Phi) is 6.68. The van der Waals surface area contributed by atoms with Crippen LogP contribution in [0.3, 0.4) is 0 Å².